The number of aliphatic carboxylic acids is 7. The molecule has 6 unspecified atom stereocenters. The van der Waals surface area contributed by atoms with E-state index in [0.717, 1.165) is 12.1 Å². The second-order valence-corrected chi connectivity index (χ2v) is 49.3. The molecule has 762 valence electrons. The summed E-state index contributed by atoms with van der Waals surface area (Å²) in [5, 5.41) is 79.1. The van der Waals surface area contributed by atoms with Crippen LogP contribution in [0.15, 0.2) is 122 Å². The molecule has 3 aromatic rings. The van der Waals surface area contributed by atoms with Gasteiger partial charge in [0.05, 0.1) is 42.1 Å². The molecule has 51 heteroatoms. The molecule has 0 radical (unpaired) electrons. The van der Waals surface area contributed by atoms with Crippen molar-refractivity contribution in [3.05, 3.63) is 119 Å². The van der Waals surface area contributed by atoms with Gasteiger partial charge in [-0.1, -0.05) is 26.3 Å². The van der Waals surface area contributed by atoms with Crippen LogP contribution in [0.4, 0.5) is 11.4 Å². The molecule has 3 aromatic carbocycles. The van der Waals surface area contributed by atoms with Crippen LogP contribution in [0, 0.1) is 28.1 Å². The van der Waals surface area contributed by atoms with Gasteiger partial charge in [0.25, 0.3) is 0 Å². The van der Waals surface area contributed by atoms with Gasteiger partial charge >= 0.3 is 160 Å². The van der Waals surface area contributed by atoms with Crippen LogP contribution < -0.4 is 149 Å². The molecule has 7 aliphatic rings. The molecule has 4 amide bonds. The zero-order valence-electron chi connectivity index (χ0n) is 81.0. The molecule has 0 spiro atoms. The van der Waals surface area contributed by atoms with Gasteiger partial charge in [0, 0.05) is 135 Å². The van der Waals surface area contributed by atoms with Gasteiger partial charge in [-0.05, 0) is 255 Å². The summed E-state index contributed by atoms with van der Waals surface area (Å²) in [6.45, 7) is 8.03. The molecule has 41 nitrogen and oxygen atoms in total. The SMILES string of the molecule is CC1(C)C(/C=C/C2=C(Oc3ccc(S(=O)(=O)[O-])cc3)C(=C/C=C3/N(CCCCS(=O)(=O)[O-])c4ccc(S(=O)(=O)[O-])cc4C3(C)C)/CCC2)=[N+](CCCCCC(=O)NCCCCCC(=O)NC23CC4(CCC(=O)O)C[C@@](CCC(=O)N[C@@H](CCP(=O)(O)CC(CCC(=O)O)C(=O)O)C(=O)O)(C2)C[C@](CCC(=O)N[C@@H](CCP(=O)(O)CC(CCC(=O)O)C(=O)O)C(=O)O)(C4)C3)c2ccc(S(=O)(=O)[O-])cc21.[Na+].[Na+].[Na+].[Na+]. The Bertz CT molecular complexity index is 5840. The first-order valence-electron chi connectivity index (χ1n) is 45.6. The van der Waals surface area contributed by atoms with E-state index in [2.05, 4.69) is 21.3 Å². The van der Waals surface area contributed by atoms with Crippen LogP contribution >= 0.6 is 14.7 Å². The van der Waals surface area contributed by atoms with E-state index in [4.69, 9.17) is 14.9 Å². The maximum absolute atomic E-state index is 14.5. The number of unbranched alkanes of at least 4 members (excludes halogenated alkanes) is 5. The summed E-state index contributed by atoms with van der Waals surface area (Å²) in [4.78, 5) is 162. The maximum Gasteiger partial charge on any atom is 1.00 e. The summed E-state index contributed by atoms with van der Waals surface area (Å²) < 4.78 is 181. The Hall–Kier alpha value is -5.92. The molecule has 2 aliphatic heterocycles. The number of nitrogens with zero attached hydrogens (tertiary/aromatic N) is 2. The molecule has 0 aromatic heterocycles. The van der Waals surface area contributed by atoms with Crippen molar-refractivity contribution in [2.24, 2.45) is 28.1 Å². The first-order valence-corrected chi connectivity index (χ1v) is 55.4. The first-order chi connectivity index (χ1) is 64.1. The Morgan fingerprint density at radius 3 is 1.43 bits per heavy atom. The van der Waals surface area contributed by atoms with Crippen molar-refractivity contribution in [2.75, 3.05) is 54.9 Å². The van der Waals surface area contributed by atoms with Gasteiger partial charge in [0.15, 0.2) is 5.71 Å². The number of amides is 4. The fraction of sp³-hybridized carbons (Fsp3) is 0.582. The van der Waals surface area contributed by atoms with E-state index in [9.17, 15) is 149 Å². The summed E-state index contributed by atoms with van der Waals surface area (Å²) in [5.41, 5.74) is -1.29. The molecule has 10 atom stereocenters. The third-order valence-electron chi connectivity index (χ3n) is 27.1. The average molecular weight is 2140 g/mol. The molecular weight excluding hydrogens is 2020 g/mol. The molecule has 2 heterocycles. The van der Waals surface area contributed by atoms with Crippen molar-refractivity contribution in [3.63, 3.8) is 0 Å². The molecule has 13 N–H and O–H groups in total. The standard InChI is InChI=1S/C91H124N6O35P2S4.4Na/c1-86(2)66-48-64(137(126,127)128)26-28-70(66)96(72(86)30-18-58-14-13-15-59(81(58)132-62-22-24-63(25-23-62)136(123,124)125)19-31-73-87(3,4)67-49-65(138(129,130)131)27-29-71(67)97(73)44-11-12-47-135(120,121)122)43-10-6-8-16-74(98)92-42-9-5-7-17-77(101)95-91-55-88(39-34-75(99)93-68(84(112)113)37-45-133(116,117)50-60(82(108)109)20-32-78(102)103)52-89(56-91,54-90(53-88,57-91)41-36-80(106)107)40-35-76(100)94-69(85(114)115)38-46-134(118,119)51-61(83(110)111)21-33-79(104)105;;;;/h18-19,22-31,48-49,60-61,68-69H,5-17,20-21,32-47,50-57H2,1-4H3,(H16-,92,93,94,95,98,99,100,101,102,103,104,105,106,107,108,109,110,111,112,113,114,115,116,117,118,119,120,121,122,123,124,125,126,127,128,129,130,131);;;;/q;4*+1/p-3/t60?,61?,68-,69-,88-,89+,90?,91?;;;;/m0..../s1. The third-order valence-corrected chi connectivity index (χ3v) is 34.3. The minimum Gasteiger partial charge on any atom is -0.748 e. The first kappa shape index (κ1) is 127. The largest absolute Gasteiger partial charge is 1.00 e. The number of allylic oxidation sites excluding steroid dienone is 7. The number of carboxylic acids is 7. The number of rotatable bonds is 57. The van der Waals surface area contributed by atoms with Gasteiger partial charge < -0.3 is 94.6 Å². The van der Waals surface area contributed by atoms with Crippen LogP contribution in [0.2, 0.25) is 0 Å². The van der Waals surface area contributed by atoms with E-state index in [0.29, 0.717) is 128 Å². The number of carbonyl (C=O) groups excluding carboxylic acids is 4. The van der Waals surface area contributed by atoms with E-state index >= 15 is 0 Å². The molecule has 142 heavy (non-hydrogen) atoms. The molecule has 4 bridgehead atoms. The number of carbonyl (C=O) groups is 11. The van der Waals surface area contributed by atoms with Crippen molar-refractivity contribution >= 4 is 138 Å². The fourth-order valence-corrected chi connectivity index (χ4v) is 27.0. The number of nitrogens with one attached hydrogen (secondary N) is 4. The molecule has 5 aliphatic carbocycles. The van der Waals surface area contributed by atoms with E-state index in [-0.39, 0.29) is 233 Å². The van der Waals surface area contributed by atoms with Crippen molar-refractivity contribution in [2.45, 2.75) is 270 Å². The Morgan fingerprint density at radius 1 is 0.493 bits per heavy atom. The molecule has 10 rings (SSSR count). The third kappa shape index (κ3) is 36.2. The molecular formula is C91H121N6Na4O35P2S4+. The Morgan fingerprint density at radius 2 is 0.958 bits per heavy atom. The van der Waals surface area contributed by atoms with Crippen LogP contribution in [0.1, 0.15) is 238 Å². The van der Waals surface area contributed by atoms with Crippen molar-refractivity contribution in [1.82, 2.24) is 21.3 Å². The Balaban J connectivity index is 0.00000888. The number of hydrogen-bond acceptors (Lipinski definition) is 27. The predicted molar refractivity (Wildman–Crippen MR) is 492 cm³/mol. The summed E-state index contributed by atoms with van der Waals surface area (Å²) >= 11 is 0. The molecule has 4 fully saturated rings. The van der Waals surface area contributed by atoms with Crippen LogP contribution in [-0.2, 0) is 113 Å². The van der Waals surface area contributed by atoms with Gasteiger partial charge in [-0.3, -0.25) is 52.3 Å². The van der Waals surface area contributed by atoms with Gasteiger partial charge in [-0.25, -0.2) is 43.3 Å². The number of fused-ring (bicyclic) bond motifs is 2. The fourth-order valence-electron chi connectivity index (χ4n) is 21.3. The monoisotopic (exact) mass is 2140 g/mol. The van der Waals surface area contributed by atoms with Crippen LogP contribution in [0.25, 0.3) is 0 Å². The number of carboxylic acid groups (broad SMARTS) is 7. The predicted octanol–water partition coefficient (Wildman–Crippen LogP) is -2.75. The second-order valence-electron chi connectivity index (χ2n) is 38.7. The normalized spacial score (nSPS) is 21.6. The summed E-state index contributed by atoms with van der Waals surface area (Å²) in [5.74, 6) is -15.9. The summed E-state index contributed by atoms with van der Waals surface area (Å²) in [6, 6.07) is 9.29. The second kappa shape index (κ2) is 53.0. The number of benzene rings is 3. The number of anilines is 1. The van der Waals surface area contributed by atoms with Gasteiger partial charge in [0.1, 0.15) is 60.5 Å². The zero-order valence-corrected chi connectivity index (χ0v) is 94.1. The molecule has 4 saturated carbocycles. The van der Waals surface area contributed by atoms with E-state index in [1.165, 1.54) is 42.5 Å². The van der Waals surface area contributed by atoms with Crippen LogP contribution in [-0.4, -0.2) is 241 Å². The average Bonchev–Trinajstić information content (AvgIpc) is 0.845. The minimum atomic E-state index is -4.95. The van der Waals surface area contributed by atoms with E-state index in [1.54, 1.807) is 18.2 Å². The number of hydrogen-bond donors (Lipinski definition) is 13. The van der Waals surface area contributed by atoms with Crippen LogP contribution in [0.3, 0.4) is 0 Å². The zero-order chi connectivity index (χ0) is 102. The Kier molecular flexibility index (Phi) is 47.2. The van der Waals surface area contributed by atoms with Gasteiger partial charge in [0.2, 0.25) is 44.1 Å². The smallest absolute Gasteiger partial charge is 0.748 e. The topological polar surface area (TPSA) is 696 Å². The minimum absolute atomic E-state index is 0. The summed E-state index contributed by atoms with van der Waals surface area (Å²) in [7, 11) is -28.2. The van der Waals surface area contributed by atoms with Gasteiger partial charge in [-0.2, -0.15) is 4.58 Å². The van der Waals surface area contributed by atoms with E-state index in [1.807, 2.05) is 49.3 Å². The van der Waals surface area contributed by atoms with Crippen molar-refractivity contribution in [3.8, 4) is 5.75 Å². The molecule has 0 saturated heterocycles. The van der Waals surface area contributed by atoms with Crippen LogP contribution in [0.5, 0.6) is 5.75 Å². The quantitative estimate of drug-likeness (QED) is 0.00895. The number of ether oxygens (including phenoxy) is 1. The van der Waals surface area contributed by atoms with E-state index < -0.39 is 255 Å². The van der Waals surface area contributed by atoms with Crippen molar-refractivity contribution in [1.29, 1.82) is 0 Å². The summed E-state index contributed by atoms with van der Waals surface area (Å²) in [6.07, 6.45) is 5.00. The van der Waals surface area contributed by atoms with Crippen molar-refractivity contribution < 1.29 is 287 Å². The Labute approximate surface area is 913 Å². The maximum atomic E-state index is 14.5. The van der Waals surface area contributed by atoms with Gasteiger partial charge in [-0.15, -0.1) is 0 Å².